The third-order valence-corrected chi connectivity index (χ3v) is 3.34. The van der Waals surface area contributed by atoms with Gasteiger partial charge in [-0.2, -0.15) is 0 Å². The third-order valence-electron chi connectivity index (χ3n) is 3.34. The lowest BCUT2D eigenvalue weighted by Crippen LogP contribution is -2.43. The van der Waals surface area contributed by atoms with E-state index in [0.717, 1.165) is 26.1 Å². The van der Waals surface area contributed by atoms with Gasteiger partial charge in [-0.25, -0.2) is 0 Å². The van der Waals surface area contributed by atoms with Crippen LogP contribution in [0.5, 0.6) is 0 Å². The summed E-state index contributed by atoms with van der Waals surface area (Å²) in [5.74, 6) is 0. The first kappa shape index (κ1) is 12.1. The van der Waals surface area contributed by atoms with Crippen LogP contribution < -0.4 is 4.90 Å². The number of pyridine rings is 2. The van der Waals surface area contributed by atoms with Crippen molar-refractivity contribution < 1.29 is 4.74 Å². The van der Waals surface area contributed by atoms with E-state index < -0.39 is 0 Å². The Morgan fingerprint density at radius 3 is 2.74 bits per heavy atom. The number of nitrogens with zero attached hydrogens (tertiary/aromatic N) is 3. The van der Waals surface area contributed by atoms with Crippen LogP contribution in [0.4, 0.5) is 5.69 Å². The third kappa shape index (κ3) is 3.09. The molecule has 3 heterocycles. The van der Waals surface area contributed by atoms with Gasteiger partial charge in [0.05, 0.1) is 24.6 Å². The lowest BCUT2D eigenvalue weighted by atomic mass is 10.1. The lowest BCUT2D eigenvalue weighted by molar-refractivity contribution is 0.0410. The normalized spacial score (nSPS) is 19.4. The summed E-state index contributed by atoms with van der Waals surface area (Å²) in [6.07, 6.45) is 8.55. The topological polar surface area (TPSA) is 38.2 Å². The molecule has 0 unspecified atom stereocenters. The van der Waals surface area contributed by atoms with Gasteiger partial charge in [-0.1, -0.05) is 6.07 Å². The van der Waals surface area contributed by atoms with Crippen molar-refractivity contribution in [3.8, 4) is 0 Å². The van der Waals surface area contributed by atoms with Gasteiger partial charge in [0.15, 0.2) is 0 Å². The zero-order valence-electron chi connectivity index (χ0n) is 10.8. The monoisotopic (exact) mass is 255 g/mol. The fourth-order valence-electron chi connectivity index (χ4n) is 2.40. The molecule has 0 bridgehead atoms. The minimum Gasteiger partial charge on any atom is -0.374 e. The van der Waals surface area contributed by atoms with Crippen LogP contribution in [0.1, 0.15) is 5.56 Å². The smallest absolute Gasteiger partial charge is 0.0791 e. The van der Waals surface area contributed by atoms with E-state index in [0.29, 0.717) is 0 Å². The van der Waals surface area contributed by atoms with Crippen LogP contribution in [0, 0.1) is 0 Å². The highest BCUT2D eigenvalue weighted by Gasteiger charge is 2.21. The van der Waals surface area contributed by atoms with E-state index in [4.69, 9.17) is 4.74 Å². The van der Waals surface area contributed by atoms with Gasteiger partial charge in [-0.15, -0.1) is 0 Å². The summed E-state index contributed by atoms with van der Waals surface area (Å²) >= 11 is 0. The first-order valence-electron chi connectivity index (χ1n) is 6.57. The first-order valence-corrected chi connectivity index (χ1v) is 6.57. The molecule has 2 aromatic heterocycles. The summed E-state index contributed by atoms with van der Waals surface area (Å²) in [5, 5.41) is 0. The molecular formula is C15H17N3O. The van der Waals surface area contributed by atoms with Gasteiger partial charge in [-0.3, -0.25) is 9.97 Å². The predicted molar refractivity (Wildman–Crippen MR) is 74.1 cm³/mol. The molecule has 1 atom stereocenters. The molecule has 4 nitrogen and oxygen atoms in total. The van der Waals surface area contributed by atoms with Crippen LogP contribution in [0.3, 0.4) is 0 Å². The molecule has 1 aliphatic rings. The Morgan fingerprint density at radius 2 is 2.00 bits per heavy atom. The molecule has 0 N–H and O–H groups in total. The lowest BCUT2D eigenvalue weighted by Gasteiger charge is -2.34. The van der Waals surface area contributed by atoms with Crippen molar-refractivity contribution in [2.75, 3.05) is 24.6 Å². The average molecular weight is 255 g/mol. The fourth-order valence-corrected chi connectivity index (χ4v) is 2.40. The van der Waals surface area contributed by atoms with Gasteiger partial charge in [0.25, 0.3) is 0 Å². The molecule has 0 aromatic carbocycles. The van der Waals surface area contributed by atoms with Crippen LogP contribution in [0.25, 0.3) is 0 Å². The molecule has 4 heteroatoms. The molecule has 0 spiro atoms. The van der Waals surface area contributed by atoms with Crippen molar-refractivity contribution in [3.63, 3.8) is 0 Å². The zero-order chi connectivity index (χ0) is 12.9. The summed E-state index contributed by atoms with van der Waals surface area (Å²) in [5.41, 5.74) is 2.39. The number of hydrogen-bond donors (Lipinski definition) is 0. The zero-order valence-corrected chi connectivity index (χ0v) is 10.8. The largest absolute Gasteiger partial charge is 0.374 e. The Kier molecular flexibility index (Phi) is 3.70. The Labute approximate surface area is 113 Å². The van der Waals surface area contributed by atoms with Gasteiger partial charge in [-0.05, 0) is 23.8 Å². The predicted octanol–water partition coefficient (Wildman–Crippen LogP) is 1.92. The van der Waals surface area contributed by atoms with Crippen molar-refractivity contribution in [2.24, 2.45) is 0 Å². The van der Waals surface area contributed by atoms with Crippen molar-refractivity contribution in [1.29, 1.82) is 0 Å². The highest BCUT2D eigenvalue weighted by atomic mass is 16.5. The standard InChI is InChI=1S/C15H17N3O/c1-3-13(10-16-5-1)9-15-12-18(7-8-19-15)14-4-2-6-17-11-14/h1-6,10-11,15H,7-9,12H2/t15-/m0/s1. The van der Waals surface area contributed by atoms with Crippen molar-refractivity contribution in [1.82, 2.24) is 9.97 Å². The van der Waals surface area contributed by atoms with Crippen LogP contribution in [-0.2, 0) is 11.2 Å². The van der Waals surface area contributed by atoms with E-state index in [1.807, 2.05) is 24.5 Å². The molecule has 0 radical (unpaired) electrons. The maximum Gasteiger partial charge on any atom is 0.0791 e. The molecule has 1 saturated heterocycles. The second-order valence-electron chi connectivity index (χ2n) is 4.72. The van der Waals surface area contributed by atoms with E-state index in [2.05, 4.69) is 27.0 Å². The molecule has 3 rings (SSSR count). The minimum atomic E-state index is 0.221. The summed E-state index contributed by atoms with van der Waals surface area (Å²) in [4.78, 5) is 10.7. The van der Waals surface area contributed by atoms with E-state index >= 15 is 0 Å². The summed E-state index contributed by atoms with van der Waals surface area (Å²) < 4.78 is 5.84. The van der Waals surface area contributed by atoms with Gasteiger partial charge < -0.3 is 9.64 Å². The number of anilines is 1. The quantitative estimate of drug-likeness (QED) is 0.840. The van der Waals surface area contributed by atoms with Crippen molar-refractivity contribution >= 4 is 5.69 Å². The first-order chi connectivity index (χ1) is 9.42. The molecule has 1 fully saturated rings. The van der Waals surface area contributed by atoms with E-state index in [9.17, 15) is 0 Å². The molecule has 0 amide bonds. The van der Waals surface area contributed by atoms with Crippen LogP contribution in [0.15, 0.2) is 49.1 Å². The summed E-state index contributed by atoms with van der Waals surface area (Å²) in [6, 6.07) is 8.14. The van der Waals surface area contributed by atoms with E-state index in [1.165, 1.54) is 11.3 Å². The van der Waals surface area contributed by atoms with Gasteiger partial charge in [0, 0.05) is 38.1 Å². The Bertz CT molecular complexity index is 503. The highest BCUT2D eigenvalue weighted by molar-refractivity contribution is 5.44. The Morgan fingerprint density at radius 1 is 1.16 bits per heavy atom. The van der Waals surface area contributed by atoms with Gasteiger partial charge in [0.2, 0.25) is 0 Å². The number of rotatable bonds is 3. The Balaban J connectivity index is 1.65. The average Bonchev–Trinajstić information content (AvgIpc) is 2.49. The highest BCUT2D eigenvalue weighted by Crippen LogP contribution is 2.17. The molecule has 19 heavy (non-hydrogen) atoms. The number of aromatic nitrogens is 2. The molecular weight excluding hydrogens is 238 g/mol. The number of ether oxygens (including phenoxy) is 1. The maximum atomic E-state index is 5.84. The second kappa shape index (κ2) is 5.80. The second-order valence-corrected chi connectivity index (χ2v) is 4.72. The van der Waals surface area contributed by atoms with Crippen molar-refractivity contribution in [3.05, 3.63) is 54.6 Å². The molecule has 2 aromatic rings. The molecule has 98 valence electrons. The number of hydrogen-bond acceptors (Lipinski definition) is 4. The summed E-state index contributed by atoms with van der Waals surface area (Å²) in [6.45, 7) is 2.59. The Hall–Kier alpha value is -1.94. The minimum absolute atomic E-state index is 0.221. The molecule has 0 aliphatic carbocycles. The van der Waals surface area contributed by atoms with E-state index in [1.54, 1.807) is 12.4 Å². The van der Waals surface area contributed by atoms with E-state index in [-0.39, 0.29) is 6.10 Å². The maximum absolute atomic E-state index is 5.84. The number of morpholine rings is 1. The van der Waals surface area contributed by atoms with Crippen LogP contribution >= 0.6 is 0 Å². The van der Waals surface area contributed by atoms with Crippen molar-refractivity contribution in [2.45, 2.75) is 12.5 Å². The van der Waals surface area contributed by atoms with Crippen LogP contribution in [0.2, 0.25) is 0 Å². The molecule has 0 saturated carbocycles. The SMILES string of the molecule is c1cncc(C[C@H]2CN(c3cccnc3)CCO2)c1. The van der Waals surface area contributed by atoms with Gasteiger partial charge in [0.1, 0.15) is 0 Å². The molecule has 1 aliphatic heterocycles. The fraction of sp³-hybridized carbons (Fsp3) is 0.333. The van der Waals surface area contributed by atoms with Crippen LogP contribution in [-0.4, -0.2) is 35.8 Å². The summed E-state index contributed by atoms with van der Waals surface area (Å²) in [7, 11) is 0. The van der Waals surface area contributed by atoms with Gasteiger partial charge >= 0.3 is 0 Å².